The number of nitrogens with one attached hydrogen (secondary N) is 1. The Kier molecular flexibility index (Phi) is 3.46. The Morgan fingerprint density at radius 1 is 1.33 bits per heavy atom. The van der Waals surface area contributed by atoms with Gasteiger partial charge < -0.3 is 10.8 Å². The van der Waals surface area contributed by atoms with Gasteiger partial charge in [-0.25, -0.2) is 4.79 Å². The first-order valence-electron chi connectivity index (χ1n) is 5.94. The Bertz CT molecular complexity index is 506. The zero-order chi connectivity index (χ0) is 13.1. The van der Waals surface area contributed by atoms with Gasteiger partial charge in [0.25, 0.3) is 0 Å². The molecule has 0 bridgehead atoms. The molecule has 0 fully saturated rings. The maximum atomic E-state index is 10.8. The average molecular weight is 244 g/mol. The molecule has 4 nitrogen and oxygen atoms in total. The van der Waals surface area contributed by atoms with Crippen molar-refractivity contribution >= 4 is 11.7 Å². The average Bonchev–Trinajstić information content (AvgIpc) is 2.38. The van der Waals surface area contributed by atoms with Crippen molar-refractivity contribution < 1.29 is 9.90 Å². The van der Waals surface area contributed by atoms with Crippen molar-refractivity contribution in [1.29, 1.82) is 5.41 Å². The van der Waals surface area contributed by atoms with Crippen LogP contribution >= 0.6 is 0 Å². The van der Waals surface area contributed by atoms with E-state index in [0.717, 1.165) is 6.42 Å². The highest BCUT2D eigenvalue weighted by Gasteiger charge is 2.25. The smallest absolute Gasteiger partial charge is 0.354 e. The fourth-order valence-corrected chi connectivity index (χ4v) is 2.39. The van der Waals surface area contributed by atoms with Gasteiger partial charge in [-0.05, 0) is 30.7 Å². The van der Waals surface area contributed by atoms with Gasteiger partial charge in [0, 0.05) is 11.3 Å². The topological polar surface area (TPSA) is 87.2 Å². The van der Waals surface area contributed by atoms with Crippen LogP contribution in [0.2, 0.25) is 0 Å². The molecule has 1 aliphatic rings. The standard InChI is InChI=1S/C14H16N2O2/c15-12-8-10(9-4-2-1-3-5-9)6-7-11(12)13(16)14(17)18/h1-5,10,16H,6-8,15H2,(H,17,18). The van der Waals surface area contributed by atoms with E-state index in [1.807, 2.05) is 18.2 Å². The largest absolute Gasteiger partial charge is 0.477 e. The quantitative estimate of drug-likeness (QED) is 0.713. The number of nitrogens with two attached hydrogens (primary N) is 1. The second-order valence-corrected chi connectivity index (χ2v) is 4.53. The minimum absolute atomic E-state index is 0.330. The van der Waals surface area contributed by atoms with E-state index in [1.165, 1.54) is 5.56 Å². The van der Waals surface area contributed by atoms with Crippen molar-refractivity contribution in [3.05, 3.63) is 47.2 Å². The summed E-state index contributed by atoms with van der Waals surface area (Å²) in [7, 11) is 0. The summed E-state index contributed by atoms with van der Waals surface area (Å²) in [5, 5.41) is 16.3. The number of rotatable bonds is 3. The first kappa shape index (κ1) is 12.4. The van der Waals surface area contributed by atoms with E-state index in [9.17, 15) is 4.79 Å². The number of allylic oxidation sites excluding steroid dienone is 1. The Morgan fingerprint density at radius 3 is 2.56 bits per heavy atom. The molecular formula is C14H16N2O2. The van der Waals surface area contributed by atoms with Crippen molar-refractivity contribution in [3.63, 3.8) is 0 Å². The third-order valence-electron chi connectivity index (χ3n) is 3.38. The molecule has 1 aliphatic carbocycles. The highest BCUT2D eigenvalue weighted by molar-refractivity contribution is 6.41. The van der Waals surface area contributed by atoms with E-state index in [1.54, 1.807) is 0 Å². The molecule has 0 aliphatic heterocycles. The first-order chi connectivity index (χ1) is 8.59. The van der Waals surface area contributed by atoms with Crippen LogP contribution < -0.4 is 5.73 Å². The van der Waals surface area contributed by atoms with Gasteiger partial charge in [-0.15, -0.1) is 0 Å². The number of hydrogen-bond donors (Lipinski definition) is 3. The van der Waals surface area contributed by atoms with Crippen LogP contribution in [0.25, 0.3) is 0 Å². The molecule has 94 valence electrons. The molecule has 1 aromatic carbocycles. The van der Waals surface area contributed by atoms with Gasteiger partial charge in [0.2, 0.25) is 0 Å². The number of hydrogen-bond acceptors (Lipinski definition) is 3. The van der Waals surface area contributed by atoms with E-state index in [2.05, 4.69) is 12.1 Å². The van der Waals surface area contributed by atoms with E-state index >= 15 is 0 Å². The normalized spacial score (nSPS) is 19.7. The number of carboxylic acids is 1. The Balaban J connectivity index is 2.18. The molecule has 0 saturated carbocycles. The molecule has 1 unspecified atom stereocenters. The molecular weight excluding hydrogens is 228 g/mol. The van der Waals surface area contributed by atoms with Crippen LogP contribution in [0, 0.1) is 5.41 Å². The zero-order valence-electron chi connectivity index (χ0n) is 10.0. The third kappa shape index (κ3) is 2.42. The fourth-order valence-electron chi connectivity index (χ4n) is 2.39. The molecule has 0 saturated heterocycles. The maximum Gasteiger partial charge on any atom is 0.354 e. The zero-order valence-corrected chi connectivity index (χ0v) is 10.0. The van der Waals surface area contributed by atoms with Gasteiger partial charge >= 0.3 is 5.97 Å². The Morgan fingerprint density at radius 2 is 2.00 bits per heavy atom. The van der Waals surface area contributed by atoms with Crippen molar-refractivity contribution in [1.82, 2.24) is 0 Å². The second-order valence-electron chi connectivity index (χ2n) is 4.53. The van der Waals surface area contributed by atoms with Crippen LogP contribution in [-0.4, -0.2) is 16.8 Å². The molecule has 1 atom stereocenters. The van der Waals surface area contributed by atoms with Crippen LogP contribution in [0.15, 0.2) is 41.6 Å². The van der Waals surface area contributed by atoms with Crippen LogP contribution in [0.5, 0.6) is 0 Å². The molecule has 0 radical (unpaired) electrons. The molecule has 0 aromatic heterocycles. The van der Waals surface area contributed by atoms with Crippen LogP contribution in [0.1, 0.15) is 30.7 Å². The van der Waals surface area contributed by atoms with Crippen LogP contribution in [0.4, 0.5) is 0 Å². The summed E-state index contributed by atoms with van der Waals surface area (Å²) < 4.78 is 0. The Labute approximate surface area is 106 Å². The van der Waals surface area contributed by atoms with Crippen molar-refractivity contribution in [2.45, 2.75) is 25.2 Å². The highest BCUT2D eigenvalue weighted by Crippen LogP contribution is 2.34. The lowest BCUT2D eigenvalue weighted by Crippen LogP contribution is -2.23. The summed E-state index contributed by atoms with van der Waals surface area (Å²) in [6, 6.07) is 10.1. The summed E-state index contributed by atoms with van der Waals surface area (Å²) in [4.78, 5) is 10.8. The van der Waals surface area contributed by atoms with E-state index < -0.39 is 5.97 Å². The number of benzene rings is 1. The molecule has 0 amide bonds. The Hall–Kier alpha value is -2.10. The second kappa shape index (κ2) is 5.04. The van der Waals surface area contributed by atoms with E-state index in [0.29, 0.717) is 30.0 Å². The molecule has 0 spiro atoms. The molecule has 2 rings (SSSR count). The minimum Gasteiger partial charge on any atom is -0.477 e. The fraction of sp³-hybridized carbons (Fsp3) is 0.286. The summed E-state index contributed by atoms with van der Waals surface area (Å²) in [5.74, 6) is -0.873. The third-order valence-corrected chi connectivity index (χ3v) is 3.38. The van der Waals surface area contributed by atoms with E-state index in [-0.39, 0.29) is 5.71 Å². The monoisotopic (exact) mass is 244 g/mol. The molecule has 4 heteroatoms. The maximum absolute atomic E-state index is 10.8. The minimum atomic E-state index is -1.20. The summed E-state index contributed by atoms with van der Waals surface area (Å²) >= 11 is 0. The van der Waals surface area contributed by atoms with Crippen LogP contribution in [0.3, 0.4) is 0 Å². The predicted octanol–water partition coefficient (Wildman–Crippen LogP) is 2.27. The van der Waals surface area contributed by atoms with Crippen molar-refractivity contribution in [2.24, 2.45) is 5.73 Å². The lowest BCUT2D eigenvalue weighted by Gasteiger charge is -2.25. The molecule has 1 aromatic rings. The van der Waals surface area contributed by atoms with Gasteiger partial charge in [0.1, 0.15) is 5.71 Å². The lowest BCUT2D eigenvalue weighted by atomic mass is 9.81. The van der Waals surface area contributed by atoms with Gasteiger partial charge in [-0.1, -0.05) is 30.3 Å². The van der Waals surface area contributed by atoms with Crippen LogP contribution in [-0.2, 0) is 4.79 Å². The van der Waals surface area contributed by atoms with Crippen molar-refractivity contribution in [2.75, 3.05) is 0 Å². The number of aliphatic carboxylic acids is 1. The van der Waals surface area contributed by atoms with Crippen molar-refractivity contribution in [3.8, 4) is 0 Å². The first-order valence-corrected chi connectivity index (χ1v) is 5.94. The lowest BCUT2D eigenvalue weighted by molar-refractivity contribution is -0.129. The van der Waals surface area contributed by atoms with Gasteiger partial charge in [0.15, 0.2) is 0 Å². The molecule has 0 heterocycles. The van der Waals surface area contributed by atoms with Gasteiger partial charge in [0.05, 0.1) is 0 Å². The highest BCUT2D eigenvalue weighted by atomic mass is 16.4. The predicted molar refractivity (Wildman–Crippen MR) is 69.6 cm³/mol. The molecule has 4 N–H and O–H groups in total. The summed E-state index contributed by atoms with van der Waals surface area (Å²) in [6.07, 6.45) is 2.04. The number of carbonyl (C=O) groups is 1. The van der Waals surface area contributed by atoms with Gasteiger partial charge in [-0.3, -0.25) is 5.41 Å². The van der Waals surface area contributed by atoms with Gasteiger partial charge in [-0.2, -0.15) is 0 Å². The molecule has 18 heavy (non-hydrogen) atoms. The van der Waals surface area contributed by atoms with E-state index in [4.69, 9.17) is 16.2 Å². The SMILES string of the molecule is N=C(C(=O)O)C1=C(N)CC(c2ccccc2)CC1. The number of carboxylic acid groups (broad SMARTS) is 1. The summed E-state index contributed by atoms with van der Waals surface area (Å²) in [6.45, 7) is 0. The summed E-state index contributed by atoms with van der Waals surface area (Å²) in [5.41, 5.74) is 7.82.